The Balaban J connectivity index is 2.16. The Kier molecular flexibility index (Phi) is 3.47. The molecule has 0 saturated heterocycles. The van der Waals surface area contributed by atoms with Crippen molar-refractivity contribution in [2.45, 2.75) is 20.3 Å². The van der Waals surface area contributed by atoms with E-state index in [-0.39, 0.29) is 5.78 Å². The first kappa shape index (κ1) is 12.4. The van der Waals surface area contributed by atoms with Gasteiger partial charge in [-0.15, -0.1) is 0 Å². The molecule has 0 saturated carbocycles. The van der Waals surface area contributed by atoms with Crippen LogP contribution in [0.3, 0.4) is 0 Å². The monoisotopic (exact) mass is 239 g/mol. The lowest BCUT2D eigenvalue weighted by atomic mass is 10.0. The van der Waals surface area contributed by atoms with Gasteiger partial charge in [0.05, 0.1) is 0 Å². The van der Waals surface area contributed by atoms with Gasteiger partial charge in [0.1, 0.15) is 0 Å². The van der Waals surface area contributed by atoms with Crippen LogP contribution in [0, 0.1) is 13.8 Å². The molecule has 92 valence electrons. The van der Waals surface area contributed by atoms with Crippen LogP contribution >= 0.6 is 0 Å². The summed E-state index contributed by atoms with van der Waals surface area (Å²) in [7, 11) is 0. The number of carbonyl (C=O) groups excluding carboxylic acids is 1. The van der Waals surface area contributed by atoms with Crippen molar-refractivity contribution in [1.29, 1.82) is 0 Å². The molecule has 2 aromatic rings. The minimum Gasteiger partial charge on any atom is -0.398 e. The highest BCUT2D eigenvalue weighted by atomic mass is 16.1. The zero-order chi connectivity index (χ0) is 13.1. The summed E-state index contributed by atoms with van der Waals surface area (Å²) in [6, 6.07) is 13.5. The van der Waals surface area contributed by atoms with Gasteiger partial charge in [0.2, 0.25) is 0 Å². The van der Waals surface area contributed by atoms with Crippen molar-refractivity contribution in [3.63, 3.8) is 0 Å². The SMILES string of the molecule is Cc1ccc(CC(=O)c2ccc(C)c(N)c2)cc1. The number of anilines is 1. The molecule has 2 N–H and O–H groups in total. The summed E-state index contributed by atoms with van der Waals surface area (Å²) in [6.45, 7) is 3.97. The second kappa shape index (κ2) is 5.05. The molecule has 2 heteroatoms. The molecule has 0 amide bonds. The van der Waals surface area contributed by atoms with Crippen LogP contribution in [0.2, 0.25) is 0 Å². The Hall–Kier alpha value is -2.09. The Morgan fingerprint density at radius 2 is 1.72 bits per heavy atom. The van der Waals surface area contributed by atoms with Gasteiger partial charge >= 0.3 is 0 Å². The highest BCUT2D eigenvalue weighted by Crippen LogP contribution is 2.15. The number of carbonyl (C=O) groups is 1. The molecule has 0 radical (unpaired) electrons. The maximum absolute atomic E-state index is 12.1. The maximum Gasteiger partial charge on any atom is 0.167 e. The molecule has 0 fully saturated rings. The first-order valence-corrected chi connectivity index (χ1v) is 6.01. The third-order valence-electron chi connectivity index (χ3n) is 3.09. The summed E-state index contributed by atoms with van der Waals surface area (Å²) in [5.74, 6) is 0.102. The summed E-state index contributed by atoms with van der Waals surface area (Å²) < 4.78 is 0. The van der Waals surface area contributed by atoms with Crippen LogP contribution in [0.15, 0.2) is 42.5 Å². The number of hydrogen-bond donors (Lipinski definition) is 1. The highest BCUT2D eigenvalue weighted by Gasteiger charge is 2.08. The molecule has 0 bridgehead atoms. The van der Waals surface area contributed by atoms with Crippen molar-refractivity contribution in [3.05, 3.63) is 64.7 Å². The van der Waals surface area contributed by atoms with Crippen LogP contribution in [0.1, 0.15) is 27.0 Å². The fraction of sp³-hybridized carbons (Fsp3) is 0.188. The molecule has 0 aliphatic heterocycles. The van der Waals surface area contributed by atoms with Crippen LogP contribution in [0.4, 0.5) is 5.69 Å². The van der Waals surface area contributed by atoms with Crippen molar-refractivity contribution in [3.8, 4) is 0 Å². The second-order valence-electron chi connectivity index (χ2n) is 4.66. The molecular weight excluding hydrogens is 222 g/mol. The van der Waals surface area contributed by atoms with Gasteiger partial charge in [0, 0.05) is 17.7 Å². The molecule has 0 heterocycles. The lowest BCUT2D eigenvalue weighted by Crippen LogP contribution is -2.04. The molecular formula is C16H17NO. The molecule has 0 aliphatic rings. The smallest absolute Gasteiger partial charge is 0.167 e. The van der Waals surface area contributed by atoms with Crippen LogP contribution in [0.5, 0.6) is 0 Å². The number of ketones is 1. The fourth-order valence-corrected chi connectivity index (χ4v) is 1.81. The molecule has 2 nitrogen and oxygen atoms in total. The predicted octanol–water partition coefficient (Wildman–Crippen LogP) is 3.31. The zero-order valence-corrected chi connectivity index (χ0v) is 10.7. The minimum atomic E-state index is 0.102. The van der Waals surface area contributed by atoms with Gasteiger partial charge in [-0.05, 0) is 31.0 Å². The molecule has 2 aromatic carbocycles. The van der Waals surface area contributed by atoms with Gasteiger partial charge in [0.15, 0.2) is 5.78 Å². The van der Waals surface area contributed by atoms with E-state index in [0.29, 0.717) is 17.7 Å². The molecule has 0 unspecified atom stereocenters. The summed E-state index contributed by atoms with van der Waals surface area (Å²) in [5.41, 5.74) is 10.4. The van der Waals surface area contributed by atoms with E-state index in [2.05, 4.69) is 0 Å². The van der Waals surface area contributed by atoms with E-state index in [0.717, 1.165) is 11.1 Å². The van der Waals surface area contributed by atoms with E-state index in [9.17, 15) is 4.79 Å². The average molecular weight is 239 g/mol. The van der Waals surface area contributed by atoms with E-state index in [4.69, 9.17) is 5.73 Å². The van der Waals surface area contributed by atoms with Crippen molar-refractivity contribution < 1.29 is 4.79 Å². The zero-order valence-electron chi connectivity index (χ0n) is 10.7. The molecule has 0 aromatic heterocycles. The number of Topliss-reactive ketones (excluding diaryl/α,β-unsaturated/α-hetero) is 1. The van der Waals surface area contributed by atoms with Crippen molar-refractivity contribution >= 4 is 11.5 Å². The van der Waals surface area contributed by atoms with E-state index in [1.807, 2.05) is 50.2 Å². The average Bonchev–Trinajstić information content (AvgIpc) is 2.35. The fourth-order valence-electron chi connectivity index (χ4n) is 1.81. The van der Waals surface area contributed by atoms with Crippen LogP contribution in [-0.4, -0.2) is 5.78 Å². The summed E-state index contributed by atoms with van der Waals surface area (Å²) >= 11 is 0. The number of rotatable bonds is 3. The molecule has 0 atom stereocenters. The number of benzene rings is 2. The summed E-state index contributed by atoms with van der Waals surface area (Å²) in [5, 5.41) is 0. The quantitative estimate of drug-likeness (QED) is 0.659. The van der Waals surface area contributed by atoms with Gasteiger partial charge in [-0.3, -0.25) is 4.79 Å². The van der Waals surface area contributed by atoms with Gasteiger partial charge < -0.3 is 5.73 Å². The summed E-state index contributed by atoms with van der Waals surface area (Å²) in [6.07, 6.45) is 0.419. The number of nitrogen functional groups attached to an aromatic ring is 1. The highest BCUT2D eigenvalue weighted by molar-refractivity contribution is 5.98. The third kappa shape index (κ3) is 2.77. The number of nitrogens with two attached hydrogens (primary N) is 1. The molecule has 0 spiro atoms. The van der Waals surface area contributed by atoms with Crippen LogP contribution in [-0.2, 0) is 6.42 Å². The van der Waals surface area contributed by atoms with Gasteiger partial charge in [-0.25, -0.2) is 0 Å². The second-order valence-corrected chi connectivity index (χ2v) is 4.66. The van der Waals surface area contributed by atoms with E-state index in [1.165, 1.54) is 5.56 Å². The van der Waals surface area contributed by atoms with Gasteiger partial charge in [-0.1, -0.05) is 42.0 Å². The van der Waals surface area contributed by atoms with Crippen LogP contribution in [0.25, 0.3) is 0 Å². The van der Waals surface area contributed by atoms with Crippen molar-refractivity contribution in [1.82, 2.24) is 0 Å². The Labute approximate surface area is 107 Å². The molecule has 18 heavy (non-hydrogen) atoms. The van der Waals surface area contributed by atoms with Gasteiger partial charge in [0.25, 0.3) is 0 Å². The predicted molar refractivity (Wildman–Crippen MR) is 74.8 cm³/mol. The summed E-state index contributed by atoms with van der Waals surface area (Å²) in [4.78, 5) is 12.1. The van der Waals surface area contributed by atoms with Crippen LogP contribution < -0.4 is 5.73 Å². The van der Waals surface area contributed by atoms with E-state index < -0.39 is 0 Å². The first-order valence-electron chi connectivity index (χ1n) is 6.01. The van der Waals surface area contributed by atoms with E-state index >= 15 is 0 Å². The molecule has 2 rings (SSSR count). The number of aryl methyl sites for hydroxylation is 2. The Morgan fingerprint density at radius 3 is 2.33 bits per heavy atom. The van der Waals surface area contributed by atoms with Gasteiger partial charge in [-0.2, -0.15) is 0 Å². The standard InChI is InChI=1S/C16H17NO/c1-11-3-6-13(7-4-11)9-16(18)14-8-5-12(2)15(17)10-14/h3-8,10H,9,17H2,1-2H3. The topological polar surface area (TPSA) is 43.1 Å². The normalized spacial score (nSPS) is 10.3. The maximum atomic E-state index is 12.1. The first-order chi connectivity index (χ1) is 8.56. The number of hydrogen-bond acceptors (Lipinski definition) is 2. The lowest BCUT2D eigenvalue weighted by Gasteiger charge is -2.05. The lowest BCUT2D eigenvalue weighted by molar-refractivity contribution is 0.0993. The Morgan fingerprint density at radius 1 is 1.06 bits per heavy atom. The minimum absolute atomic E-state index is 0.102. The Bertz CT molecular complexity index is 570. The largest absolute Gasteiger partial charge is 0.398 e. The van der Waals surface area contributed by atoms with Crippen molar-refractivity contribution in [2.24, 2.45) is 0 Å². The van der Waals surface area contributed by atoms with E-state index in [1.54, 1.807) is 6.07 Å². The van der Waals surface area contributed by atoms with Crippen molar-refractivity contribution in [2.75, 3.05) is 5.73 Å². The third-order valence-corrected chi connectivity index (χ3v) is 3.09. The molecule has 0 aliphatic carbocycles.